The van der Waals surface area contributed by atoms with Gasteiger partial charge >= 0.3 is 0 Å². The van der Waals surface area contributed by atoms with Crippen molar-refractivity contribution in [1.29, 1.82) is 0 Å². The maximum Gasteiger partial charge on any atom is 0.295 e. The van der Waals surface area contributed by atoms with Crippen LogP contribution in [0.1, 0.15) is 16.2 Å². The number of methoxy groups -OCH3 is 1. The number of H-pyrrole nitrogens is 1. The van der Waals surface area contributed by atoms with Gasteiger partial charge in [0.2, 0.25) is 5.95 Å². The Morgan fingerprint density at radius 2 is 1.95 bits per heavy atom. The number of fused-ring (bicyclic) bond motifs is 1. The fourth-order valence-electron chi connectivity index (χ4n) is 4.47. The van der Waals surface area contributed by atoms with Gasteiger partial charge in [-0.1, -0.05) is 11.2 Å². The molecular weight excluding hydrogens is 511 g/mol. The van der Waals surface area contributed by atoms with E-state index in [1.54, 1.807) is 13.0 Å². The molecular formula is C23H21FN12O3. The van der Waals surface area contributed by atoms with E-state index in [4.69, 9.17) is 4.74 Å². The lowest BCUT2D eigenvalue weighted by atomic mass is 10.1. The van der Waals surface area contributed by atoms with Gasteiger partial charge in [0, 0.05) is 32.4 Å². The van der Waals surface area contributed by atoms with E-state index in [-0.39, 0.29) is 24.5 Å². The third-order valence-electron chi connectivity index (χ3n) is 6.36. The highest BCUT2D eigenvalue weighted by atomic mass is 19.1. The van der Waals surface area contributed by atoms with Gasteiger partial charge in [-0.2, -0.15) is 19.2 Å². The molecule has 15 nitrogen and oxygen atoms in total. The van der Waals surface area contributed by atoms with Crippen molar-refractivity contribution in [3.63, 3.8) is 0 Å². The van der Waals surface area contributed by atoms with Crippen molar-refractivity contribution in [2.24, 2.45) is 0 Å². The van der Waals surface area contributed by atoms with Crippen molar-refractivity contribution in [1.82, 2.24) is 54.8 Å². The van der Waals surface area contributed by atoms with E-state index in [1.165, 1.54) is 52.2 Å². The number of halogens is 1. The number of rotatable bonds is 6. The lowest BCUT2D eigenvalue weighted by molar-refractivity contribution is -0.126. The number of piperazine rings is 1. The number of aromatic nitrogens is 10. The molecule has 1 saturated heterocycles. The van der Waals surface area contributed by atoms with Crippen molar-refractivity contribution in [2.45, 2.75) is 6.92 Å². The molecule has 5 aromatic rings. The number of pyridine rings is 2. The van der Waals surface area contributed by atoms with E-state index in [0.29, 0.717) is 47.3 Å². The molecule has 0 aromatic carbocycles. The predicted molar refractivity (Wildman–Crippen MR) is 132 cm³/mol. The number of amides is 1. The van der Waals surface area contributed by atoms with Gasteiger partial charge in [-0.15, -0.1) is 0 Å². The maximum atomic E-state index is 13.6. The average Bonchev–Trinajstić information content (AvgIpc) is 3.72. The minimum absolute atomic E-state index is 0.163. The molecule has 5 aromatic heterocycles. The van der Waals surface area contributed by atoms with Gasteiger partial charge in [0.1, 0.15) is 17.9 Å². The molecule has 16 heteroatoms. The molecule has 1 N–H and O–H groups in total. The highest BCUT2D eigenvalue weighted by Gasteiger charge is 2.31. The van der Waals surface area contributed by atoms with Crippen molar-refractivity contribution in [3.8, 4) is 17.4 Å². The minimum atomic E-state index is -0.686. The number of ketones is 1. The van der Waals surface area contributed by atoms with E-state index in [9.17, 15) is 14.0 Å². The number of hydrogen-bond acceptors (Lipinski definition) is 11. The van der Waals surface area contributed by atoms with E-state index < -0.39 is 17.6 Å². The van der Waals surface area contributed by atoms with Crippen LogP contribution >= 0.6 is 0 Å². The van der Waals surface area contributed by atoms with E-state index >= 15 is 0 Å². The van der Waals surface area contributed by atoms with Crippen LogP contribution in [0.5, 0.6) is 5.75 Å². The summed E-state index contributed by atoms with van der Waals surface area (Å²) >= 11 is 0. The summed E-state index contributed by atoms with van der Waals surface area (Å²) in [5, 5.41) is 16.4. The van der Waals surface area contributed by atoms with Crippen LogP contribution in [0.3, 0.4) is 0 Å². The molecule has 1 amide bonds. The number of carbonyl (C=O) groups excluding carboxylic acids is 2. The molecule has 1 aliphatic rings. The van der Waals surface area contributed by atoms with Gasteiger partial charge in [-0.3, -0.25) is 9.59 Å². The van der Waals surface area contributed by atoms with E-state index in [0.717, 1.165) is 0 Å². The third kappa shape index (κ3) is 4.20. The maximum absolute atomic E-state index is 13.6. The largest absolute Gasteiger partial charge is 0.494 e. The number of anilines is 1. The number of tetrazole rings is 1. The second-order valence-corrected chi connectivity index (χ2v) is 8.66. The molecule has 39 heavy (non-hydrogen) atoms. The molecule has 0 spiro atoms. The van der Waals surface area contributed by atoms with Gasteiger partial charge in [0.05, 0.1) is 29.8 Å². The van der Waals surface area contributed by atoms with Crippen LogP contribution < -0.4 is 9.64 Å². The Kier molecular flexibility index (Phi) is 5.90. The fourth-order valence-corrected chi connectivity index (χ4v) is 4.47. The first-order chi connectivity index (χ1) is 18.9. The number of hydrogen-bond donors (Lipinski definition) is 1. The highest BCUT2D eigenvalue weighted by Crippen LogP contribution is 2.32. The number of nitrogens with zero attached hydrogens (tertiary/aromatic N) is 11. The Labute approximate surface area is 219 Å². The molecule has 0 bridgehead atoms. The molecule has 1 aliphatic heterocycles. The smallest absolute Gasteiger partial charge is 0.295 e. The van der Waals surface area contributed by atoms with Gasteiger partial charge in [0.25, 0.3) is 17.6 Å². The SMILES string of the molecule is COc1cnc(-n2cnc(C)n2)c2[nH]cc(C(=O)C(=O)N3CCN(c4nnnn4-c4cccc(F)n4)CC3)c12. The molecule has 6 heterocycles. The highest BCUT2D eigenvalue weighted by molar-refractivity contribution is 6.45. The summed E-state index contributed by atoms with van der Waals surface area (Å²) in [7, 11) is 1.46. The lowest BCUT2D eigenvalue weighted by Crippen LogP contribution is -2.51. The van der Waals surface area contributed by atoms with Crippen LogP contribution in [0.2, 0.25) is 0 Å². The molecule has 0 aliphatic carbocycles. The second-order valence-electron chi connectivity index (χ2n) is 8.66. The molecule has 0 radical (unpaired) electrons. The summed E-state index contributed by atoms with van der Waals surface area (Å²) in [5.41, 5.74) is 0.647. The summed E-state index contributed by atoms with van der Waals surface area (Å²) in [6.07, 6.45) is 4.45. The first-order valence-corrected chi connectivity index (χ1v) is 11.9. The van der Waals surface area contributed by atoms with Gasteiger partial charge in [0.15, 0.2) is 11.6 Å². The molecule has 6 rings (SSSR count). The number of nitrogens with one attached hydrogen (secondary N) is 1. The summed E-state index contributed by atoms with van der Waals surface area (Å²) < 4.78 is 21.9. The van der Waals surface area contributed by atoms with Gasteiger partial charge in [-0.25, -0.2) is 14.6 Å². The van der Waals surface area contributed by atoms with Crippen LogP contribution in [0.15, 0.2) is 36.9 Å². The Bertz CT molecular complexity index is 1700. The standard InChI is InChI=1S/C23H21FN12O3/c1-13-27-12-35(30-13)21-19-18(15(39-2)11-26-21)14(10-25-19)20(37)22(38)33-6-8-34(9-7-33)23-29-31-32-36(23)17-5-3-4-16(24)28-17/h3-5,10-12,25H,6-9H2,1-2H3. The van der Waals surface area contributed by atoms with Crippen LogP contribution in [0.4, 0.5) is 10.3 Å². The molecule has 0 saturated carbocycles. The van der Waals surface area contributed by atoms with Crippen molar-refractivity contribution in [2.75, 3.05) is 38.2 Å². The lowest BCUT2D eigenvalue weighted by Gasteiger charge is -2.34. The van der Waals surface area contributed by atoms with Crippen LogP contribution in [0, 0.1) is 12.9 Å². The molecule has 1 fully saturated rings. The van der Waals surface area contributed by atoms with E-state index in [2.05, 4.69) is 40.6 Å². The number of carbonyl (C=O) groups is 2. The fraction of sp³-hybridized carbons (Fsp3) is 0.261. The summed E-state index contributed by atoms with van der Waals surface area (Å²) in [4.78, 5) is 45.4. The van der Waals surface area contributed by atoms with Crippen LogP contribution in [0.25, 0.3) is 22.5 Å². The number of ether oxygens (including phenoxy) is 1. The van der Waals surface area contributed by atoms with Crippen LogP contribution in [-0.2, 0) is 4.79 Å². The average molecular weight is 533 g/mol. The summed E-state index contributed by atoms with van der Waals surface area (Å²) in [5.74, 6) is -0.103. The molecule has 0 unspecified atom stereocenters. The van der Waals surface area contributed by atoms with Crippen molar-refractivity contribution < 1.29 is 18.7 Å². The first-order valence-electron chi connectivity index (χ1n) is 11.9. The molecule has 0 atom stereocenters. The number of aryl methyl sites for hydroxylation is 1. The zero-order valence-corrected chi connectivity index (χ0v) is 20.8. The van der Waals surface area contributed by atoms with Crippen LogP contribution in [-0.4, -0.2) is 99.8 Å². The zero-order valence-electron chi connectivity index (χ0n) is 20.8. The Morgan fingerprint density at radius 3 is 2.67 bits per heavy atom. The first kappa shape index (κ1) is 24.1. The van der Waals surface area contributed by atoms with E-state index in [1.807, 2.05) is 4.90 Å². The topological polar surface area (TPSA) is 166 Å². The minimum Gasteiger partial charge on any atom is -0.494 e. The van der Waals surface area contributed by atoms with Gasteiger partial charge < -0.3 is 19.5 Å². The quantitative estimate of drug-likeness (QED) is 0.184. The number of aromatic amines is 1. The third-order valence-corrected chi connectivity index (χ3v) is 6.36. The second kappa shape index (κ2) is 9.55. The monoisotopic (exact) mass is 532 g/mol. The van der Waals surface area contributed by atoms with Crippen molar-refractivity contribution >= 4 is 28.5 Å². The van der Waals surface area contributed by atoms with Gasteiger partial charge in [-0.05, 0) is 29.5 Å². The summed E-state index contributed by atoms with van der Waals surface area (Å²) in [6, 6.07) is 4.32. The summed E-state index contributed by atoms with van der Waals surface area (Å²) in [6.45, 7) is 2.95. The molecule has 198 valence electrons. The Hall–Kier alpha value is -5.28. The Balaban J connectivity index is 1.22. The Morgan fingerprint density at radius 1 is 1.13 bits per heavy atom. The normalized spacial score (nSPS) is 13.7. The predicted octanol–water partition coefficient (Wildman–Crippen LogP) is 0.502. The number of Topliss-reactive ketones (excluding diaryl/α,β-unsaturated/α-hetero) is 1. The van der Waals surface area contributed by atoms with Crippen molar-refractivity contribution in [3.05, 3.63) is 54.3 Å². The zero-order chi connectivity index (χ0) is 27.1.